The van der Waals surface area contributed by atoms with Crippen molar-refractivity contribution in [3.8, 4) is 0 Å². The van der Waals surface area contributed by atoms with E-state index >= 15 is 0 Å². The zero-order chi connectivity index (χ0) is 14.9. The van der Waals surface area contributed by atoms with Crippen LogP contribution in [0.5, 0.6) is 0 Å². The van der Waals surface area contributed by atoms with Crippen molar-refractivity contribution in [1.82, 2.24) is 0 Å². The summed E-state index contributed by atoms with van der Waals surface area (Å²) in [7, 11) is 0. The molecule has 20 heavy (non-hydrogen) atoms. The monoisotopic (exact) mass is 279 g/mol. The Labute approximate surface area is 120 Å². The minimum atomic E-state index is -0.559. The second-order valence-electron chi connectivity index (χ2n) is 7.66. The van der Waals surface area contributed by atoms with Crippen LogP contribution in [0.3, 0.4) is 0 Å². The maximum atomic E-state index is 12.3. The average molecular weight is 279 g/mol. The molecule has 4 rings (SSSR count). The van der Waals surface area contributed by atoms with Gasteiger partial charge in [-0.3, -0.25) is 4.99 Å². The predicted octanol–water partition coefficient (Wildman–Crippen LogP) is 2.19. The molecule has 112 valence electrons. The quantitative estimate of drug-likeness (QED) is 0.788. The lowest BCUT2D eigenvalue weighted by Gasteiger charge is -2.64. The highest BCUT2D eigenvalue weighted by atomic mass is 16.6. The predicted molar refractivity (Wildman–Crippen MR) is 76.6 cm³/mol. The van der Waals surface area contributed by atoms with Gasteiger partial charge in [0.2, 0.25) is 0 Å². The first kappa shape index (κ1) is 14.1. The van der Waals surface area contributed by atoms with Crippen LogP contribution in [0.15, 0.2) is 4.99 Å². The summed E-state index contributed by atoms with van der Waals surface area (Å²) in [5, 5.41) is 9.72. The lowest BCUT2D eigenvalue weighted by atomic mass is 9.43. The van der Waals surface area contributed by atoms with Crippen LogP contribution in [0.2, 0.25) is 0 Å². The van der Waals surface area contributed by atoms with Crippen molar-refractivity contribution in [3.63, 3.8) is 0 Å². The van der Waals surface area contributed by atoms with Crippen molar-refractivity contribution in [2.24, 2.45) is 28.2 Å². The van der Waals surface area contributed by atoms with E-state index in [0.717, 1.165) is 18.6 Å². The van der Waals surface area contributed by atoms with Crippen LogP contribution in [0, 0.1) is 23.2 Å². The minimum absolute atomic E-state index is 0.203. The zero-order valence-corrected chi connectivity index (χ0v) is 13.0. The first-order valence-corrected chi connectivity index (χ1v) is 7.66. The normalized spacial score (nSPS) is 44.6. The molecule has 4 nitrogen and oxygen atoms in total. The Morgan fingerprint density at radius 1 is 1.35 bits per heavy atom. The fourth-order valence-electron chi connectivity index (χ4n) is 4.33. The molecule has 0 aromatic heterocycles. The molecular weight excluding hydrogens is 254 g/mol. The van der Waals surface area contributed by atoms with E-state index in [1.165, 1.54) is 0 Å². The minimum Gasteiger partial charge on any atom is -0.451 e. The van der Waals surface area contributed by atoms with Gasteiger partial charge in [-0.1, -0.05) is 20.8 Å². The number of aliphatic hydroxyl groups excluding tert-OH is 1. The maximum absolute atomic E-state index is 12.3. The fraction of sp³-hybridized carbons (Fsp3) is 0.875. The van der Waals surface area contributed by atoms with E-state index in [-0.39, 0.29) is 17.3 Å². The molecule has 0 aromatic carbocycles. The highest BCUT2D eigenvalue weighted by molar-refractivity contribution is 6.00. The van der Waals surface area contributed by atoms with E-state index in [4.69, 9.17) is 9.73 Å². The van der Waals surface area contributed by atoms with Crippen LogP contribution >= 0.6 is 0 Å². The molecule has 0 aromatic rings. The van der Waals surface area contributed by atoms with E-state index < -0.39 is 17.7 Å². The average Bonchev–Trinajstić information content (AvgIpc) is 2.34. The van der Waals surface area contributed by atoms with E-state index in [1.807, 2.05) is 13.8 Å². The number of ether oxygens (including phenoxy) is 1. The molecule has 1 aliphatic heterocycles. The topological polar surface area (TPSA) is 58.9 Å². The molecule has 0 spiro atoms. The van der Waals surface area contributed by atoms with Crippen LogP contribution in [-0.4, -0.2) is 34.5 Å². The van der Waals surface area contributed by atoms with Crippen molar-refractivity contribution >= 4 is 11.7 Å². The van der Waals surface area contributed by atoms with Gasteiger partial charge in [0, 0.05) is 11.8 Å². The molecule has 1 heterocycles. The summed E-state index contributed by atoms with van der Waals surface area (Å²) in [6.07, 6.45) is 1.50. The van der Waals surface area contributed by atoms with Gasteiger partial charge in [0.15, 0.2) is 11.6 Å². The van der Waals surface area contributed by atoms with Gasteiger partial charge in [-0.25, -0.2) is 4.79 Å². The van der Waals surface area contributed by atoms with Gasteiger partial charge < -0.3 is 9.84 Å². The molecule has 0 amide bonds. The van der Waals surface area contributed by atoms with E-state index in [2.05, 4.69) is 13.8 Å². The molecule has 3 fully saturated rings. The Kier molecular flexibility index (Phi) is 2.85. The number of nitrogens with zero attached hydrogens (tertiary/aromatic N) is 1. The number of carbonyl (C=O) groups is 1. The fourth-order valence-corrected chi connectivity index (χ4v) is 4.33. The van der Waals surface area contributed by atoms with Crippen LogP contribution < -0.4 is 0 Å². The van der Waals surface area contributed by atoms with Crippen LogP contribution in [0.4, 0.5) is 0 Å². The Hall–Kier alpha value is -0.900. The largest absolute Gasteiger partial charge is 0.451 e. The summed E-state index contributed by atoms with van der Waals surface area (Å²) in [6.45, 7) is 10.1. The number of aliphatic imine (C=N–C) groups is 1. The molecule has 4 heteroatoms. The molecule has 4 aliphatic rings. The van der Waals surface area contributed by atoms with Gasteiger partial charge in [0.05, 0.1) is 11.8 Å². The van der Waals surface area contributed by atoms with Gasteiger partial charge in [-0.05, 0) is 38.0 Å². The highest BCUT2D eigenvalue weighted by Crippen LogP contribution is 2.63. The van der Waals surface area contributed by atoms with E-state index in [1.54, 1.807) is 6.92 Å². The van der Waals surface area contributed by atoms with Gasteiger partial charge in [0.1, 0.15) is 0 Å². The second-order valence-corrected chi connectivity index (χ2v) is 7.66. The van der Waals surface area contributed by atoms with Gasteiger partial charge in [0.25, 0.3) is 0 Å². The number of aliphatic hydroxyl groups is 1. The Morgan fingerprint density at radius 2 is 2.00 bits per heavy atom. The molecule has 0 saturated heterocycles. The lowest BCUT2D eigenvalue weighted by Crippen LogP contribution is -2.68. The van der Waals surface area contributed by atoms with E-state index in [0.29, 0.717) is 11.8 Å². The molecule has 6 atom stereocenters. The second kappa shape index (κ2) is 4.06. The smallest absolute Gasteiger partial charge is 0.332 e. The lowest BCUT2D eigenvalue weighted by molar-refractivity contribution is -0.189. The van der Waals surface area contributed by atoms with Gasteiger partial charge >= 0.3 is 5.97 Å². The number of hydrogen-bond donors (Lipinski definition) is 1. The van der Waals surface area contributed by atoms with Crippen LogP contribution in [-0.2, 0) is 9.53 Å². The SMILES string of the molecule is CC(O)C(C)C1N=C2CC3CC(C2(C)OC1=O)C3(C)C. The highest BCUT2D eigenvalue weighted by Gasteiger charge is 2.65. The molecule has 2 bridgehead atoms. The van der Waals surface area contributed by atoms with Crippen molar-refractivity contribution < 1.29 is 14.6 Å². The van der Waals surface area contributed by atoms with Crippen molar-refractivity contribution in [2.75, 3.05) is 0 Å². The van der Waals surface area contributed by atoms with Crippen molar-refractivity contribution in [3.05, 3.63) is 0 Å². The summed E-state index contributed by atoms with van der Waals surface area (Å²) < 4.78 is 5.87. The summed E-state index contributed by atoms with van der Waals surface area (Å²) in [4.78, 5) is 17.0. The zero-order valence-electron chi connectivity index (χ0n) is 13.0. The summed E-state index contributed by atoms with van der Waals surface area (Å²) in [6, 6.07) is -0.543. The first-order valence-electron chi connectivity index (χ1n) is 7.66. The third kappa shape index (κ3) is 1.63. The number of hydrogen-bond acceptors (Lipinski definition) is 4. The molecule has 3 aliphatic carbocycles. The molecule has 6 unspecified atom stereocenters. The van der Waals surface area contributed by atoms with Crippen molar-refractivity contribution in [1.29, 1.82) is 0 Å². The number of rotatable bonds is 2. The van der Waals surface area contributed by atoms with Gasteiger partial charge in [-0.15, -0.1) is 0 Å². The molecular formula is C16H25NO3. The van der Waals surface area contributed by atoms with Gasteiger partial charge in [-0.2, -0.15) is 0 Å². The van der Waals surface area contributed by atoms with Crippen molar-refractivity contribution in [2.45, 2.75) is 65.2 Å². The molecule has 3 saturated carbocycles. The maximum Gasteiger partial charge on any atom is 0.332 e. The Morgan fingerprint density at radius 3 is 2.55 bits per heavy atom. The van der Waals surface area contributed by atoms with E-state index in [9.17, 15) is 9.90 Å². The standard InChI is InChI=1S/C16H25NO3/c1-8(9(2)18)13-14(19)20-16(5)11-6-10(15(11,3)4)7-12(16)17-13/h8-11,13,18H,6-7H2,1-5H3. The number of esters is 1. The summed E-state index contributed by atoms with van der Waals surface area (Å²) >= 11 is 0. The van der Waals surface area contributed by atoms with Crippen LogP contribution in [0.1, 0.15) is 47.5 Å². The van der Waals surface area contributed by atoms with Crippen LogP contribution in [0.25, 0.3) is 0 Å². The molecule has 1 N–H and O–H groups in total. The third-order valence-electron chi connectivity index (χ3n) is 6.26. The molecule has 0 radical (unpaired) electrons. The Balaban J connectivity index is 1.95. The third-order valence-corrected chi connectivity index (χ3v) is 6.26. The summed E-state index contributed by atoms with van der Waals surface area (Å²) in [5.74, 6) is 0.550. The summed E-state index contributed by atoms with van der Waals surface area (Å²) in [5.41, 5.74) is 0.747. The number of carbonyl (C=O) groups excluding carboxylic acids is 1. The first-order chi connectivity index (χ1) is 9.18. The Bertz CT molecular complexity index is 482.